The van der Waals surface area contributed by atoms with Crippen LogP contribution in [-0.2, 0) is 5.54 Å². The molecule has 1 aliphatic carbocycles. The van der Waals surface area contributed by atoms with Crippen LogP contribution in [0.25, 0.3) is 0 Å². The number of aromatic nitrogens is 2. The highest BCUT2D eigenvalue weighted by molar-refractivity contribution is 5.06. The summed E-state index contributed by atoms with van der Waals surface area (Å²) in [4.78, 5) is 4.55. The maximum absolute atomic E-state index is 6.28. The van der Waals surface area contributed by atoms with Crippen LogP contribution in [0.2, 0.25) is 0 Å². The van der Waals surface area contributed by atoms with E-state index in [0.29, 0.717) is 17.7 Å². The van der Waals surface area contributed by atoms with Gasteiger partial charge in [0, 0.05) is 5.92 Å². The molecule has 0 saturated heterocycles. The Balaban J connectivity index is 2.21. The second-order valence-electron chi connectivity index (χ2n) is 5.33. The van der Waals surface area contributed by atoms with Crippen LogP contribution >= 0.6 is 0 Å². The molecule has 0 aliphatic heterocycles. The lowest BCUT2D eigenvalue weighted by molar-refractivity contribution is 0.313. The molecule has 1 fully saturated rings. The zero-order valence-corrected chi connectivity index (χ0v) is 11.1. The van der Waals surface area contributed by atoms with Crippen LogP contribution in [-0.4, -0.2) is 10.1 Å². The first-order chi connectivity index (χ1) is 8.10. The summed E-state index contributed by atoms with van der Waals surface area (Å²) in [6.07, 6.45) is 5.36. The Labute approximate surface area is 103 Å². The highest BCUT2D eigenvalue weighted by atomic mass is 16.5. The van der Waals surface area contributed by atoms with E-state index in [1.54, 1.807) is 0 Å². The SMILES string of the molecule is CCC(N)(CC)c1noc(C2CCCC2C)n1. The Morgan fingerprint density at radius 2 is 2.06 bits per heavy atom. The third-order valence-corrected chi connectivity index (χ3v) is 4.33. The molecule has 1 saturated carbocycles. The zero-order valence-electron chi connectivity index (χ0n) is 11.1. The van der Waals surface area contributed by atoms with Crippen LogP contribution in [0, 0.1) is 5.92 Å². The molecular formula is C13H23N3O. The van der Waals surface area contributed by atoms with E-state index >= 15 is 0 Å². The quantitative estimate of drug-likeness (QED) is 0.874. The summed E-state index contributed by atoms with van der Waals surface area (Å²) in [5.74, 6) is 2.56. The van der Waals surface area contributed by atoms with E-state index in [1.165, 1.54) is 19.3 Å². The van der Waals surface area contributed by atoms with Gasteiger partial charge in [-0.25, -0.2) is 0 Å². The Hall–Kier alpha value is -0.900. The molecule has 2 N–H and O–H groups in total. The lowest BCUT2D eigenvalue weighted by atomic mass is 9.93. The van der Waals surface area contributed by atoms with Gasteiger partial charge in [-0.05, 0) is 31.6 Å². The Kier molecular flexibility index (Phi) is 3.52. The van der Waals surface area contributed by atoms with Crippen LogP contribution in [0.15, 0.2) is 4.52 Å². The van der Waals surface area contributed by atoms with Gasteiger partial charge in [0.15, 0.2) is 5.82 Å². The Morgan fingerprint density at radius 1 is 1.35 bits per heavy atom. The molecule has 2 rings (SSSR count). The Morgan fingerprint density at radius 3 is 2.59 bits per heavy atom. The average Bonchev–Trinajstić information content (AvgIpc) is 2.96. The van der Waals surface area contributed by atoms with Gasteiger partial charge in [-0.15, -0.1) is 0 Å². The number of nitrogens with zero attached hydrogens (tertiary/aromatic N) is 2. The van der Waals surface area contributed by atoms with Crippen molar-refractivity contribution in [3.8, 4) is 0 Å². The molecule has 17 heavy (non-hydrogen) atoms. The fourth-order valence-corrected chi connectivity index (χ4v) is 2.67. The minimum absolute atomic E-state index is 0.427. The summed E-state index contributed by atoms with van der Waals surface area (Å²) in [6.45, 7) is 6.40. The molecule has 1 heterocycles. The maximum atomic E-state index is 6.28. The van der Waals surface area contributed by atoms with E-state index in [1.807, 2.05) is 0 Å². The third-order valence-electron chi connectivity index (χ3n) is 4.33. The van der Waals surface area contributed by atoms with Gasteiger partial charge in [0.05, 0.1) is 5.54 Å². The fraction of sp³-hybridized carbons (Fsp3) is 0.846. The van der Waals surface area contributed by atoms with Crippen molar-refractivity contribution < 1.29 is 4.52 Å². The van der Waals surface area contributed by atoms with E-state index in [-0.39, 0.29) is 0 Å². The highest BCUT2D eigenvalue weighted by Gasteiger charge is 2.33. The zero-order chi connectivity index (χ0) is 12.5. The molecule has 0 aromatic carbocycles. The molecule has 2 unspecified atom stereocenters. The van der Waals surface area contributed by atoms with Gasteiger partial charge in [-0.2, -0.15) is 4.98 Å². The summed E-state index contributed by atoms with van der Waals surface area (Å²) in [5.41, 5.74) is 5.85. The highest BCUT2D eigenvalue weighted by Crippen LogP contribution is 2.39. The van der Waals surface area contributed by atoms with Crippen LogP contribution in [0.1, 0.15) is 70.5 Å². The van der Waals surface area contributed by atoms with Crippen molar-refractivity contribution in [2.75, 3.05) is 0 Å². The third kappa shape index (κ3) is 2.23. The number of rotatable bonds is 4. The maximum Gasteiger partial charge on any atom is 0.230 e. The summed E-state index contributed by atoms with van der Waals surface area (Å²) >= 11 is 0. The summed E-state index contributed by atoms with van der Waals surface area (Å²) in [7, 11) is 0. The number of hydrogen-bond donors (Lipinski definition) is 1. The summed E-state index contributed by atoms with van der Waals surface area (Å²) < 4.78 is 5.43. The summed E-state index contributed by atoms with van der Waals surface area (Å²) in [5, 5.41) is 4.10. The van der Waals surface area contributed by atoms with Crippen molar-refractivity contribution >= 4 is 0 Å². The van der Waals surface area contributed by atoms with Crippen LogP contribution in [0.3, 0.4) is 0 Å². The largest absolute Gasteiger partial charge is 0.339 e. The molecule has 1 aromatic rings. The van der Waals surface area contributed by atoms with Crippen molar-refractivity contribution in [2.45, 2.75) is 64.3 Å². The molecule has 4 nitrogen and oxygen atoms in total. The van der Waals surface area contributed by atoms with Gasteiger partial charge in [0.1, 0.15) is 0 Å². The first kappa shape index (κ1) is 12.6. The van der Waals surface area contributed by atoms with Gasteiger partial charge in [0.25, 0.3) is 0 Å². The van der Waals surface area contributed by atoms with E-state index < -0.39 is 5.54 Å². The first-order valence-corrected chi connectivity index (χ1v) is 6.73. The van der Waals surface area contributed by atoms with E-state index in [4.69, 9.17) is 10.3 Å². The average molecular weight is 237 g/mol. The minimum Gasteiger partial charge on any atom is -0.339 e. The van der Waals surface area contributed by atoms with Crippen molar-refractivity contribution in [2.24, 2.45) is 11.7 Å². The topological polar surface area (TPSA) is 64.9 Å². The molecule has 0 bridgehead atoms. The van der Waals surface area contributed by atoms with Crippen molar-refractivity contribution in [1.29, 1.82) is 0 Å². The summed E-state index contributed by atoms with van der Waals surface area (Å²) in [6, 6.07) is 0. The van der Waals surface area contributed by atoms with Gasteiger partial charge < -0.3 is 10.3 Å². The standard InChI is InChI=1S/C13H23N3O/c1-4-13(14,5-2)12-15-11(17-16-12)10-8-6-7-9(10)3/h9-10H,4-8,14H2,1-3H3. The van der Waals surface area contributed by atoms with Crippen molar-refractivity contribution in [3.63, 3.8) is 0 Å². The molecule has 2 atom stereocenters. The van der Waals surface area contributed by atoms with E-state index in [2.05, 4.69) is 30.9 Å². The van der Waals surface area contributed by atoms with E-state index in [9.17, 15) is 0 Å². The molecular weight excluding hydrogens is 214 g/mol. The monoisotopic (exact) mass is 237 g/mol. The smallest absolute Gasteiger partial charge is 0.230 e. The van der Waals surface area contributed by atoms with Crippen LogP contribution < -0.4 is 5.73 Å². The second kappa shape index (κ2) is 4.77. The van der Waals surface area contributed by atoms with E-state index in [0.717, 1.165) is 18.7 Å². The molecule has 0 amide bonds. The lowest BCUT2D eigenvalue weighted by Crippen LogP contribution is -2.36. The predicted octanol–water partition coefficient (Wildman–Crippen LogP) is 2.95. The van der Waals surface area contributed by atoms with Gasteiger partial charge in [-0.3, -0.25) is 0 Å². The normalized spacial score (nSPS) is 25.4. The fourth-order valence-electron chi connectivity index (χ4n) is 2.67. The second-order valence-corrected chi connectivity index (χ2v) is 5.33. The minimum atomic E-state index is -0.427. The first-order valence-electron chi connectivity index (χ1n) is 6.73. The molecule has 96 valence electrons. The lowest BCUT2D eigenvalue weighted by Gasteiger charge is -2.21. The van der Waals surface area contributed by atoms with Crippen LogP contribution in [0.4, 0.5) is 0 Å². The molecule has 0 spiro atoms. The van der Waals surface area contributed by atoms with Gasteiger partial charge in [-0.1, -0.05) is 32.3 Å². The molecule has 4 heteroatoms. The predicted molar refractivity (Wildman–Crippen MR) is 66.5 cm³/mol. The Bertz CT molecular complexity index is 370. The number of hydrogen-bond acceptors (Lipinski definition) is 4. The van der Waals surface area contributed by atoms with Gasteiger partial charge >= 0.3 is 0 Å². The molecule has 1 aromatic heterocycles. The molecule has 0 radical (unpaired) electrons. The van der Waals surface area contributed by atoms with Crippen molar-refractivity contribution in [1.82, 2.24) is 10.1 Å². The number of nitrogens with two attached hydrogens (primary N) is 1. The van der Waals surface area contributed by atoms with Gasteiger partial charge in [0.2, 0.25) is 5.89 Å². The van der Waals surface area contributed by atoms with Crippen molar-refractivity contribution in [3.05, 3.63) is 11.7 Å². The van der Waals surface area contributed by atoms with Crippen LogP contribution in [0.5, 0.6) is 0 Å². The molecule has 1 aliphatic rings.